The first-order valence-electron chi connectivity index (χ1n) is 4.99. The molecule has 0 aromatic heterocycles. The van der Waals surface area contributed by atoms with Crippen LogP contribution in [0, 0.1) is 5.92 Å². The molecule has 0 saturated carbocycles. The van der Waals surface area contributed by atoms with E-state index in [1.165, 1.54) is 6.92 Å². The summed E-state index contributed by atoms with van der Waals surface area (Å²) in [6.45, 7) is 1.52. The second-order valence-corrected chi connectivity index (χ2v) is 3.55. The Kier molecular flexibility index (Phi) is 5.77. The molecule has 5 nitrogen and oxygen atoms in total. The van der Waals surface area contributed by atoms with Crippen LogP contribution in [0.15, 0.2) is 0 Å². The first-order valence-corrected chi connectivity index (χ1v) is 4.99. The Morgan fingerprint density at radius 1 is 1.41 bits per heavy atom. The maximum absolute atomic E-state index is 11.8. The molecule has 0 rings (SSSR count). The van der Waals surface area contributed by atoms with E-state index in [1.807, 2.05) is 0 Å². The highest BCUT2D eigenvalue weighted by atomic mass is 19.4. The molecular formula is C9H15F3N2O3. The molecule has 2 amide bonds. The number of rotatable bonds is 5. The third-order valence-corrected chi connectivity index (χ3v) is 2.02. The second kappa shape index (κ2) is 6.31. The van der Waals surface area contributed by atoms with Gasteiger partial charge in [-0.25, -0.2) is 4.79 Å². The van der Waals surface area contributed by atoms with Crippen molar-refractivity contribution in [3.63, 3.8) is 0 Å². The number of hydrogen-bond donors (Lipinski definition) is 2. The number of carbonyl (C=O) groups is 2. The summed E-state index contributed by atoms with van der Waals surface area (Å²) in [4.78, 5) is 22.9. The molecule has 1 unspecified atom stereocenters. The number of urea groups is 1. The van der Waals surface area contributed by atoms with Gasteiger partial charge in [-0.15, -0.1) is 0 Å². The summed E-state index contributed by atoms with van der Waals surface area (Å²) in [5, 5.41) is 10.3. The number of hydrogen-bond acceptors (Lipinski definition) is 2. The van der Waals surface area contributed by atoms with Crippen molar-refractivity contribution in [2.45, 2.75) is 20.0 Å². The van der Waals surface area contributed by atoms with Crippen molar-refractivity contribution in [1.82, 2.24) is 10.2 Å². The zero-order valence-corrected chi connectivity index (χ0v) is 9.54. The molecule has 2 N–H and O–H groups in total. The van der Waals surface area contributed by atoms with Gasteiger partial charge in [0.2, 0.25) is 0 Å². The first-order chi connectivity index (χ1) is 7.67. The average molecular weight is 256 g/mol. The Hall–Kier alpha value is -1.47. The molecule has 0 fully saturated rings. The number of nitrogens with one attached hydrogen (secondary N) is 1. The van der Waals surface area contributed by atoms with E-state index < -0.39 is 30.6 Å². The molecule has 0 spiro atoms. The van der Waals surface area contributed by atoms with Crippen LogP contribution in [0.3, 0.4) is 0 Å². The largest absolute Gasteiger partial charge is 0.481 e. The Morgan fingerprint density at radius 2 is 1.94 bits per heavy atom. The summed E-state index contributed by atoms with van der Waals surface area (Å²) < 4.78 is 35.5. The van der Waals surface area contributed by atoms with Crippen LogP contribution >= 0.6 is 0 Å². The summed E-state index contributed by atoms with van der Waals surface area (Å²) in [5.41, 5.74) is 0. The van der Waals surface area contributed by atoms with Crippen LogP contribution in [-0.4, -0.2) is 47.8 Å². The highest BCUT2D eigenvalue weighted by molar-refractivity contribution is 5.75. The van der Waals surface area contributed by atoms with Crippen LogP contribution < -0.4 is 5.32 Å². The smallest absolute Gasteiger partial charge is 0.405 e. The summed E-state index contributed by atoms with van der Waals surface area (Å²) in [7, 11) is 0. The van der Waals surface area contributed by atoms with Gasteiger partial charge in [0.15, 0.2) is 0 Å². The predicted molar refractivity (Wildman–Crippen MR) is 53.5 cm³/mol. The lowest BCUT2D eigenvalue weighted by atomic mass is 10.2. The summed E-state index contributed by atoms with van der Waals surface area (Å²) >= 11 is 0. The molecule has 0 bridgehead atoms. The van der Waals surface area contributed by atoms with E-state index in [0.29, 0.717) is 0 Å². The lowest BCUT2D eigenvalue weighted by Gasteiger charge is -2.23. The molecule has 0 aliphatic heterocycles. The van der Waals surface area contributed by atoms with Crippen molar-refractivity contribution in [2.24, 2.45) is 5.92 Å². The molecule has 100 valence electrons. The van der Waals surface area contributed by atoms with E-state index in [4.69, 9.17) is 5.11 Å². The lowest BCUT2D eigenvalue weighted by molar-refractivity contribution is -0.141. The molecule has 0 aromatic carbocycles. The molecule has 17 heavy (non-hydrogen) atoms. The van der Waals surface area contributed by atoms with Crippen LogP contribution in [-0.2, 0) is 4.79 Å². The van der Waals surface area contributed by atoms with Crippen LogP contribution in [0.4, 0.5) is 18.0 Å². The summed E-state index contributed by atoms with van der Waals surface area (Å²) in [5.74, 6) is -1.93. The monoisotopic (exact) mass is 256 g/mol. The first kappa shape index (κ1) is 15.5. The standard InChI is InChI=1S/C9H15F3N2O3/c1-3-14(4-6(2)7(15)16)8(17)13-5-9(10,11)12/h6H,3-5H2,1-2H3,(H,13,17)(H,15,16). The number of alkyl halides is 3. The topological polar surface area (TPSA) is 69.6 Å². The fraction of sp³-hybridized carbons (Fsp3) is 0.778. The van der Waals surface area contributed by atoms with E-state index in [9.17, 15) is 22.8 Å². The van der Waals surface area contributed by atoms with Crippen molar-refractivity contribution in [1.29, 1.82) is 0 Å². The van der Waals surface area contributed by atoms with Crippen LogP contribution in [0.1, 0.15) is 13.8 Å². The highest BCUT2D eigenvalue weighted by Gasteiger charge is 2.29. The Balaban J connectivity index is 4.27. The van der Waals surface area contributed by atoms with Crippen LogP contribution in [0.25, 0.3) is 0 Å². The molecule has 0 saturated heterocycles. The number of carboxylic acid groups (broad SMARTS) is 1. The maximum Gasteiger partial charge on any atom is 0.405 e. The third kappa shape index (κ3) is 6.64. The number of halogens is 3. The molecule has 0 heterocycles. The van der Waals surface area contributed by atoms with Crippen molar-refractivity contribution in [2.75, 3.05) is 19.6 Å². The third-order valence-electron chi connectivity index (χ3n) is 2.02. The van der Waals surface area contributed by atoms with Gasteiger partial charge in [0.05, 0.1) is 5.92 Å². The number of aliphatic carboxylic acids is 1. The van der Waals surface area contributed by atoms with Gasteiger partial charge < -0.3 is 15.3 Å². The van der Waals surface area contributed by atoms with E-state index in [2.05, 4.69) is 0 Å². The van der Waals surface area contributed by atoms with Gasteiger partial charge in [0.25, 0.3) is 0 Å². The number of nitrogens with zero attached hydrogens (tertiary/aromatic N) is 1. The Morgan fingerprint density at radius 3 is 2.29 bits per heavy atom. The number of amides is 2. The Labute approximate surface area is 96.6 Å². The minimum atomic E-state index is -4.48. The van der Waals surface area contributed by atoms with Crippen molar-refractivity contribution in [3.05, 3.63) is 0 Å². The molecule has 8 heteroatoms. The summed E-state index contributed by atoms with van der Waals surface area (Å²) in [6, 6.07) is -0.919. The van der Waals surface area contributed by atoms with Gasteiger partial charge in [0.1, 0.15) is 6.54 Å². The van der Waals surface area contributed by atoms with Gasteiger partial charge in [0, 0.05) is 13.1 Å². The van der Waals surface area contributed by atoms with Gasteiger partial charge in [-0.1, -0.05) is 6.92 Å². The fourth-order valence-corrected chi connectivity index (χ4v) is 1.05. The Bertz CT molecular complexity index is 281. The van der Waals surface area contributed by atoms with Crippen LogP contribution in [0.2, 0.25) is 0 Å². The normalized spacial score (nSPS) is 13.0. The van der Waals surface area contributed by atoms with Gasteiger partial charge >= 0.3 is 18.2 Å². The van der Waals surface area contributed by atoms with Crippen molar-refractivity contribution in [3.8, 4) is 0 Å². The SMILES string of the molecule is CCN(CC(C)C(=O)O)C(=O)NCC(F)(F)F. The average Bonchev–Trinajstić information content (AvgIpc) is 2.20. The second-order valence-electron chi connectivity index (χ2n) is 3.55. The van der Waals surface area contributed by atoms with E-state index in [1.54, 1.807) is 12.2 Å². The van der Waals surface area contributed by atoms with Crippen molar-refractivity contribution < 1.29 is 27.9 Å². The molecule has 0 aliphatic rings. The molecule has 0 aromatic rings. The minimum absolute atomic E-state index is 0.129. The quantitative estimate of drug-likeness (QED) is 0.779. The predicted octanol–water partition coefficient (Wildman–Crippen LogP) is 1.30. The van der Waals surface area contributed by atoms with Gasteiger partial charge in [-0.05, 0) is 6.92 Å². The zero-order chi connectivity index (χ0) is 13.6. The molecule has 0 radical (unpaired) electrons. The number of carbonyl (C=O) groups excluding carboxylic acids is 1. The van der Waals surface area contributed by atoms with Crippen LogP contribution in [0.5, 0.6) is 0 Å². The van der Waals surface area contributed by atoms with Gasteiger partial charge in [-0.2, -0.15) is 13.2 Å². The molecule has 1 atom stereocenters. The van der Waals surface area contributed by atoms with E-state index >= 15 is 0 Å². The fourth-order valence-electron chi connectivity index (χ4n) is 1.05. The highest BCUT2D eigenvalue weighted by Crippen LogP contribution is 2.12. The maximum atomic E-state index is 11.8. The van der Waals surface area contributed by atoms with Gasteiger partial charge in [-0.3, -0.25) is 4.79 Å². The van der Waals surface area contributed by atoms with E-state index in [0.717, 1.165) is 4.90 Å². The zero-order valence-electron chi connectivity index (χ0n) is 9.54. The minimum Gasteiger partial charge on any atom is -0.481 e. The van der Waals surface area contributed by atoms with E-state index in [-0.39, 0.29) is 13.1 Å². The number of carboxylic acids is 1. The summed E-state index contributed by atoms with van der Waals surface area (Å²) in [6.07, 6.45) is -4.48. The molecule has 0 aliphatic carbocycles. The van der Waals surface area contributed by atoms with Crippen molar-refractivity contribution >= 4 is 12.0 Å². The molecular weight excluding hydrogens is 241 g/mol. The lowest BCUT2D eigenvalue weighted by Crippen LogP contribution is -2.45.